The monoisotopic (exact) mass is 296 g/mol. The first-order valence-corrected chi connectivity index (χ1v) is 7.69. The number of hydrogen-bond donors (Lipinski definition) is 1. The summed E-state index contributed by atoms with van der Waals surface area (Å²) in [5.41, 5.74) is 1.19. The van der Waals surface area contributed by atoms with Crippen LogP contribution >= 0.6 is 11.3 Å². The zero-order chi connectivity index (χ0) is 14.3. The fourth-order valence-corrected chi connectivity index (χ4v) is 2.58. The van der Waals surface area contributed by atoms with Crippen LogP contribution in [0.2, 0.25) is 0 Å². The van der Waals surface area contributed by atoms with Crippen LogP contribution in [0.4, 0.5) is 0 Å². The van der Waals surface area contributed by atoms with Crippen molar-refractivity contribution >= 4 is 11.3 Å². The number of para-hydroxylation sites is 1. The van der Waals surface area contributed by atoms with E-state index >= 15 is 0 Å². The van der Waals surface area contributed by atoms with Crippen LogP contribution in [0.3, 0.4) is 0 Å². The Bertz CT molecular complexity index is 668. The molecule has 0 aliphatic carbocycles. The summed E-state index contributed by atoms with van der Waals surface area (Å²) in [6, 6.07) is 17.9. The van der Waals surface area contributed by atoms with Crippen molar-refractivity contribution < 1.29 is 4.74 Å². The van der Waals surface area contributed by atoms with Crippen LogP contribution in [0.25, 0.3) is 0 Å². The van der Waals surface area contributed by atoms with Gasteiger partial charge in [0.1, 0.15) is 16.5 Å². The quantitative estimate of drug-likeness (QED) is 0.739. The van der Waals surface area contributed by atoms with E-state index in [0.717, 1.165) is 29.6 Å². The van der Waals surface area contributed by atoms with Gasteiger partial charge in [-0.05, 0) is 29.8 Å². The molecule has 1 aromatic heterocycles. The van der Waals surface area contributed by atoms with Crippen molar-refractivity contribution in [2.24, 2.45) is 0 Å². The van der Waals surface area contributed by atoms with Crippen LogP contribution in [0.15, 0.2) is 66.2 Å². The van der Waals surface area contributed by atoms with Gasteiger partial charge >= 0.3 is 0 Å². The van der Waals surface area contributed by atoms with Crippen molar-refractivity contribution in [3.05, 3.63) is 76.7 Å². The molecule has 21 heavy (non-hydrogen) atoms. The maximum atomic E-state index is 5.83. The maximum Gasteiger partial charge on any atom is 0.127 e. The molecule has 0 amide bonds. The van der Waals surface area contributed by atoms with Crippen molar-refractivity contribution in [3.63, 3.8) is 0 Å². The van der Waals surface area contributed by atoms with Crippen LogP contribution in [0.1, 0.15) is 10.6 Å². The fourth-order valence-electron chi connectivity index (χ4n) is 2.00. The molecule has 4 heteroatoms. The van der Waals surface area contributed by atoms with E-state index in [1.54, 1.807) is 11.3 Å². The average Bonchev–Trinajstić information content (AvgIpc) is 3.02. The molecule has 0 fully saturated rings. The van der Waals surface area contributed by atoms with Gasteiger partial charge in [0.05, 0.1) is 0 Å². The van der Waals surface area contributed by atoms with E-state index in [1.165, 1.54) is 5.56 Å². The zero-order valence-corrected chi connectivity index (χ0v) is 12.3. The predicted octanol–water partition coefficient (Wildman–Crippen LogP) is 4.23. The minimum absolute atomic E-state index is 0.793. The SMILES string of the molecule is c1ccc(Oc2cccc(CNCc3nccs3)c2)cc1. The lowest BCUT2D eigenvalue weighted by molar-refractivity contribution is 0.481. The third-order valence-corrected chi connectivity index (χ3v) is 3.75. The van der Waals surface area contributed by atoms with Crippen molar-refractivity contribution in [1.82, 2.24) is 10.3 Å². The molecule has 0 aliphatic heterocycles. The van der Waals surface area contributed by atoms with Gasteiger partial charge in [0.15, 0.2) is 0 Å². The number of ether oxygens (including phenoxy) is 1. The lowest BCUT2D eigenvalue weighted by Gasteiger charge is -2.08. The molecule has 0 saturated carbocycles. The third-order valence-electron chi connectivity index (χ3n) is 2.97. The molecular formula is C17H16N2OS. The number of thiazole rings is 1. The average molecular weight is 296 g/mol. The molecular weight excluding hydrogens is 280 g/mol. The highest BCUT2D eigenvalue weighted by Gasteiger charge is 2.00. The first kappa shape index (κ1) is 13.8. The lowest BCUT2D eigenvalue weighted by atomic mass is 10.2. The summed E-state index contributed by atoms with van der Waals surface area (Å²) >= 11 is 1.66. The molecule has 1 heterocycles. The molecule has 0 atom stereocenters. The lowest BCUT2D eigenvalue weighted by Crippen LogP contribution is -2.12. The molecule has 2 aromatic carbocycles. The van der Waals surface area contributed by atoms with Gasteiger partial charge < -0.3 is 10.1 Å². The van der Waals surface area contributed by atoms with E-state index in [9.17, 15) is 0 Å². The minimum atomic E-state index is 0.793. The molecule has 0 radical (unpaired) electrons. The Hall–Kier alpha value is -2.17. The normalized spacial score (nSPS) is 10.5. The first-order chi connectivity index (χ1) is 10.4. The Morgan fingerprint density at radius 2 is 1.81 bits per heavy atom. The van der Waals surface area contributed by atoms with Gasteiger partial charge in [-0.2, -0.15) is 0 Å². The predicted molar refractivity (Wildman–Crippen MR) is 85.6 cm³/mol. The molecule has 0 aliphatic rings. The summed E-state index contributed by atoms with van der Waals surface area (Å²) in [4.78, 5) is 4.25. The van der Waals surface area contributed by atoms with Gasteiger partial charge in [0, 0.05) is 24.7 Å². The van der Waals surface area contributed by atoms with Gasteiger partial charge in [-0.3, -0.25) is 0 Å². The maximum absolute atomic E-state index is 5.83. The van der Waals surface area contributed by atoms with E-state index in [-0.39, 0.29) is 0 Å². The molecule has 0 spiro atoms. The Morgan fingerprint density at radius 3 is 2.62 bits per heavy atom. The second kappa shape index (κ2) is 7.02. The second-order valence-electron chi connectivity index (χ2n) is 4.59. The number of benzene rings is 2. The molecule has 1 N–H and O–H groups in total. The van der Waals surface area contributed by atoms with Gasteiger partial charge in [0.25, 0.3) is 0 Å². The van der Waals surface area contributed by atoms with Gasteiger partial charge in [-0.15, -0.1) is 11.3 Å². The van der Waals surface area contributed by atoms with Crippen LogP contribution in [0.5, 0.6) is 11.5 Å². The van der Waals surface area contributed by atoms with E-state index in [4.69, 9.17) is 4.74 Å². The smallest absolute Gasteiger partial charge is 0.127 e. The van der Waals surface area contributed by atoms with Crippen LogP contribution in [-0.4, -0.2) is 4.98 Å². The first-order valence-electron chi connectivity index (χ1n) is 6.81. The second-order valence-corrected chi connectivity index (χ2v) is 5.57. The Morgan fingerprint density at radius 1 is 0.952 bits per heavy atom. The highest BCUT2D eigenvalue weighted by atomic mass is 32.1. The molecule has 3 rings (SSSR count). The van der Waals surface area contributed by atoms with Crippen molar-refractivity contribution in [1.29, 1.82) is 0 Å². The summed E-state index contributed by atoms with van der Waals surface area (Å²) in [7, 11) is 0. The van der Waals surface area contributed by atoms with Crippen molar-refractivity contribution in [2.45, 2.75) is 13.1 Å². The van der Waals surface area contributed by atoms with Crippen LogP contribution < -0.4 is 10.1 Å². The molecule has 3 aromatic rings. The van der Waals surface area contributed by atoms with E-state index in [0.29, 0.717) is 0 Å². The third kappa shape index (κ3) is 4.15. The molecule has 106 valence electrons. The standard InChI is InChI=1S/C17H16N2OS/c1-2-6-15(7-3-1)20-16-8-4-5-14(11-16)12-18-13-17-19-9-10-21-17/h1-11,18H,12-13H2. The largest absolute Gasteiger partial charge is 0.457 e. The van der Waals surface area contributed by atoms with E-state index in [2.05, 4.69) is 22.4 Å². The number of nitrogens with one attached hydrogen (secondary N) is 1. The molecule has 0 bridgehead atoms. The van der Waals surface area contributed by atoms with Gasteiger partial charge in [-0.25, -0.2) is 4.98 Å². The Balaban J connectivity index is 1.58. The van der Waals surface area contributed by atoms with Crippen LogP contribution in [-0.2, 0) is 13.1 Å². The van der Waals surface area contributed by atoms with Crippen molar-refractivity contribution in [3.8, 4) is 11.5 Å². The van der Waals surface area contributed by atoms with Gasteiger partial charge in [-0.1, -0.05) is 30.3 Å². The molecule has 3 nitrogen and oxygen atoms in total. The molecule has 0 saturated heterocycles. The fraction of sp³-hybridized carbons (Fsp3) is 0.118. The van der Waals surface area contributed by atoms with Crippen LogP contribution in [0, 0.1) is 0 Å². The summed E-state index contributed by atoms with van der Waals surface area (Å²) in [5, 5.41) is 6.48. The number of nitrogens with zero attached hydrogens (tertiary/aromatic N) is 1. The summed E-state index contributed by atoms with van der Waals surface area (Å²) in [5.74, 6) is 1.71. The summed E-state index contributed by atoms with van der Waals surface area (Å²) in [6.45, 7) is 1.59. The Kier molecular flexibility index (Phi) is 4.61. The Labute approximate surface area is 128 Å². The number of hydrogen-bond acceptors (Lipinski definition) is 4. The molecule has 0 unspecified atom stereocenters. The highest BCUT2D eigenvalue weighted by Crippen LogP contribution is 2.21. The number of aromatic nitrogens is 1. The highest BCUT2D eigenvalue weighted by molar-refractivity contribution is 7.09. The zero-order valence-electron chi connectivity index (χ0n) is 11.5. The van der Waals surface area contributed by atoms with Gasteiger partial charge in [0.2, 0.25) is 0 Å². The summed E-state index contributed by atoms with van der Waals surface area (Å²) in [6.07, 6.45) is 1.83. The number of rotatable bonds is 6. The summed E-state index contributed by atoms with van der Waals surface area (Å²) < 4.78 is 5.83. The topological polar surface area (TPSA) is 34.1 Å². The van der Waals surface area contributed by atoms with E-state index < -0.39 is 0 Å². The van der Waals surface area contributed by atoms with Crippen molar-refractivity contribution in [2.75, 3.05) is 0 Å². The van der Waals surface area contributed by atoms with E-state index in [1.807, 2.05) is 54.0 Å². The minimum Gasteiger partial charge on any atom is -0.457 e.